The molecule has 1 heterocycles. The third kappa shape index (κ3) is 5.46. The molecule has 0 spiro atoms. The number of carbonyl (C=O) groups is 1. The van der Waals surface area contributed by atoms with E-state index in [1.54, 1.807) is 11.8 Å². The molecule has 3 rings (SSSR count). The first-order chi connectivity index (χ1) is 11.3. The normalized spacial score (nSPS) is 17.4. The number of ether oxygens (including phenoxy) is 2. The Morgan fingerprint density at radius 1 is 1.29 bits per heavy atom. The molecule has 3 N–H and O–H groups in total. The average Bonchev–Trinajstić information content (AvgIpc) is 3.39. The zero-order valence-corrected chi connectivity index (χ0v) is 15.3. The van der Waals surface area contributed by atoms with E-state index in [4.69, 9.17) is 15.2 Å². The molecule has 1 aliphatic carbocycles. The van der Waals surface area contributed by atoms with E-state index in [0.29, 0.717) is 32.1 Å². The quantitative estimate of drug-likeness (QED) is 0.720. The minimum Gasteiger partial charge on any atom is -0.490 e. The van der Waals surface area contributed by atoms with Gasteiger partial charge in [-0.1, -0.05) is 0 Å². The minimum atomic E-state index is 0. The number of nitrogens with one attached hydrogen (secondary N) is 1. The van der Waals surface area contributed by atoms with Crippen LogP contribution >= 0.6 is 24.2 Å². The van der Waals surface area contributed by atoms with Crippen LogP contribution < -0.4 is 20.5 Å². The first-order valence-corrected chi connectivity index (χ1v) is 9.26. The molecule has 7 heteroatoms. The van der Waals surface area contributed by atoms with Gasteiger partial charge in [0.05, 0.1) is 13.2 Å². The minimum absolute atomic E-state index is 0. The molecule has 0 bridgehead atoms. The maximum Gasteiger partial charge on any atom is 0.221 e. The lowest BCUT2D eigenvalue weighted by Gasteiger charge is -2.15. The van der Waals surface area contributed by atoms with Gasteiger partial charge in [0.2, 0.25) is 5.91 Å². The molecule has 2 aliphatic rings. The smallest absolute Gasteiger partial charge is 0.221 e. The molecule has 1 aromatic carbocycles. The Labute approximate surface area is 153 Å². The van der Waals surface area contributed by atoms with Crippen molar-refractivity contribution in [1.82, 2.24) is 5.32 Å². The first-order valence-electron chi connectivity index (χ1n) is 8.28. The van der Waals surface area contributed by atoms with Gasteiger partial charge in [-0.25, -0.2) is 0 Å². The number of rotatable bonds is 7. The average molecular weight is 373 g/mol. The molecular formula is C17H25ClN2O3S. The maximum atomic E-state index is 12.0. The van der Waals surface area contributed by atoms with Crippen LogP contribution in [-0.4, -0.2) is 37.5 Å². The summed E-state index contributed by atoms with van der Waals surface area (Å²) in [5.41, 5.74) is 5.71. The number of halogens is 1. The van der Waals surface area contributed by atoms with Gasteiger partial charge in [0.1, 0.15) is 0 Å². The Morgan fingerprint density at radius 2 is 2.04 bits per heavy atom. The molecule has 0 radical (unpaired) electrons. The second-order valence-corrected chi connectivity index (χ2v) is 7.17. The largest absolute Gasteiger partial charge is 0.490 e. The highest BCUT2D eigenvalue weighted by molar-refractivity contribution is 7.99. The number of hydrogen-bond donors (Lipinski definition) is 2. The summed E-state index contributed by atoms with van der Waals surface area (Å²) in [5, 5.41) is 3.05. The molecule has 1 atom stereocenters. The molecule has 1 aliphatic heterocycles. The van der Waals surface area contributed by atoms with E-state index in [0.717, 1.165) is 28.6 Å². The van der Waals surface area contributed by atoms with Gasteiger partial charge < -0.3 is 20.5 Å². The van der Waals surface area contributed by atoms with E-state index in [9.17, 15) is 4.79 Å². The standard InChI is InChI=1S/C17H24N2O3S.ClH/c18-11-14(12-2-3-12)19-17(20)6-9-23-13-4-5-15-16(10-13)22-8-1-7-21-15;/h4-5,10,12,14H,1-3,6-9,11,18H2,(H,19,20);1H. The highest BCUT2D eigenvalue weighted by Gasteiger charge is 2.30. The first kappa shape index (κ1) is 19.2. The summed E-state index contributed by atoms with van der Waals surface area (Å²) < 4.78 is 11.3. The molecular weight excluding hydrogens is 348 g/mol. The zero-order valence-electron chi connectivity index (χ0n) is 13.7. The Bertz CT molecular complexity index is 555. The topological polar surface area (TPSA) is 73.6 Å². The van der Waals surface area contributed by atoms with Crippen molar-refractivity contribution in [3.8, 4) is 11.5 Å². The van der Waals surface area contributed by atoms with E-state index < -0.39 is 0 Å². The van der Waals surface area contributed by atoms with Crippen molar-refractivity contribution >= 4 is 30.1 Å². The number of carbonyl (C=O) groups excluding carboxylic acids is 1. The molecule has 1 amide bonds. The highest BCUT2D eigenvalue weighted by atomic mass is 35.5. The van der Waals surface area contributed by atoms with E-state index in [-0.39, 0.29) is 24.4 Å². The fourth-order valence-corrected chi connectivity index (χ4v) is 3.52. The summed E-state index contributed by atoms with van der Waals surface area (Å²) in [7, 11) is 0. The number of nitrogens with two attached hydrogens (primary N) is 1. The van der Waals surface area contributed by atoms with Crippen LogP contribution in [0.4, 0.5) is 0 Å². The lowest BCUT2D eigenvalue weighted by atomic mass is 10.2. The predicted octanol–water partition coefficient (Wildman–Crippen LogP) is 2.61. The van der Waals surface area contributed by atoms with Crippen molar-refractivity contribution in [1.29, 1.82) is 0 Å². The third-order valence-electron chi connectivity index (χ3n) is 4.11. The molecule has 0 aromatic heterocycles. The van der Waals surface area contributed by atoms with E-state index >= 15 is 0 Å². The molecule has 1 saturated carbocycles. The van der Waals surface area contributed by atoms with Crippen molar-refractivity contribution in [3.05, 3.63) is 18.2 Å². The lowest BCUT2D eigenvalue weighted by molar-refractivity contribution is -0.121. The zero-order chi connectivity index (χ0) is 16.1. The number of amides is 1. The van der Waals surface area contributed by atoms with Crippen LogP contribution in [0.25, 0.3) is 0 Å². The van der Waals surface area contributed by atoms with E-state index in [1.807, 2.05) is 18.2 Å². The fraction of sp³-hybridized carbons (Fsp3) is 0.588. The van der Waals surface area contributed by atoms with Crippen LogP contribution in [0.1, 0.15) is 25.7 Å². The monoisotopic (exact) mass is 372 g/mol. The van der Waals surface area contributed by atoms with Crippen LogP contribution in [0.15, 0.2) is 23.1 Å². The summed E-state index contributed by atoms with van der Waals surface area (Å²) >= 11 is 1.66. The van der Waals surface area contributed by atoms with Crippen LogP contribution in [0, 0.1) is 5.92 Å². The van der Waals surface area contributed by atoms with Gasteiger partial charge in [-0.05, 0) is 37.0 Å². The SMILES string of the molecule is Cl.NCC(NC(=O)CCSc1ccc2c(c1)OCCCO2)C1CC1. The molecule has 5 nitrogen and oxygen atoms in total. The van der Waals surface area contributed by atoms with Gasteiger partial charge in [-0.15, -0.1) is 24.2 Å². The van der Waals surface area contributed by atoms with Crippen molar-refractivity contribution in [3.63, 3.8) is 0 Å². The van der Waals surface area contributed by atoms with Crippen molar-refractivity contribution in [2.75, 3.05) is 25.5 Å². The summed E-state index contributed by atoms with van der Waals surface area (Å²) in [6.07, 6.45) is 3.78. The van der Waals surface area contributed by atoms with Crippen molar-refractivity contribution in [2.24, 2.45) is 11.7 Å². The second-order valence-electron chi connectivity index (χ2n) is 6.00. The Balaban J connectivity index is 0.00000208. The van der Waals surface area contributed by atoms with Gasteiger partial charge in [-0.3, -0.25) is 4.79 Å². The van der Waals surface area contributed by atoms with Gasteiger partial charge >= 0.3 is 0 Å². The van der Waals surface area contributed by atoms with Gasteiger partial charge in [0.25, 0.3) is 0 Å². The van der Waals surface area contributed by atoms with Crippen molar-refractivity contribution < 1.29 is 14.3 Å². The molecule has 24 heavy (non-hydrogen) atoms. The summed E-state index contributed by atoms with van der Waals surface area (Å²) in [4.78, 5) is 13.1. The number of benzene rings is 1. The van der Waals surface area contributed by atoms with Gasteiger partial charge in [-0.2, -0.15) is 0 Å². The van der Waals surface area contributed by atoms with Crippen LogP contribution in [0.2, 0.25) is 0 Å². The Hall–Kier alpha value is -1.11. The Kier molecular flexibility index (Phi) is 7.52. The molecule has 1 unspecified atom stereocenters. The van der Waals surface area contributed by atoms with Gasteiger partial charge in [0.15, 0.2) is 11.5 Å². The lowest BCUT2D eigenvalue weighted by Crippen LogP contribution is -2.41. The summed E-state index contributed by atoms with van der Waals surface area (Å²) in [5.74, 6) is 3.04. The maximum absolute atomic E-state index is 12.0. The number of fused-ring (bicyclic) bond motifs is 1. The van der Waals surface area contributed by atoms with Crippen LogP contribution in [-0.2, 0) is 4.79 Å². The fourth-order valence-electron chi connectivity index (χ4n) is 2.64. The third-order valence-corrected chi connectivity index (χ3v) is 5.10. The van der Waals surface area contributed by atoms with Crippen LogP contribution in [0.5, 0.6) is 11.5 Å². The number of hydrogen-bond acceptors (Lipinski definition) is 5. The van der Waals surface area contributed by atoms with Gasteiger partial charge in [0, 0.05) is 36.1 Å². The summed E-state index contributed by atoms with van der Waals surface area (Å²) in [6.45, 7) is 1.92. The molecule has 134 valence electrons. The van der Waals surface area contributed by atoms with E-state index in [2.05, 4.69) is 5.32 Å². The number of thioether (sulfide) groups is 1. The van der Waals surface area contributed by atoms with E-state index in [1.165, 1.54) is 12.8 Å². The molecule has 0 saturated heterocycles. The predicted molar refractivity (Wildman–Crippen MR) is 98.3 cm³/mol. The van der Waals surface area contributed by atoms with Crippen LogP contribution in [0.3, 0.4) is 0 Å². The molecule has 1 aromatic rings. The Morgan fingerprint density at radius 3 is 2.75 bits per heavy atom. The highest BCUT2D eigenvalue weighted by Crippen LogP contribution is 2.34. The second kappa shape index (κ2) is 9.39. The van der Waals surface area contributed by atoms with Crippen molar-refractivity contribution in [2.45, 2.75) is 36.6 Å². The summed E-state index contributed by atoms with van der Waals surface area (Å²) in [6, 6.07) is 6.12. The molecule has 1 fully saturated rings.